The van der Waals surface area contributed by atoms with Gasteiger partial charge in [-0.05, 0) is 31.1 Å². The molecule has 0 rings (SSSR count). The molecule has 0 aliphatic heterocycles. The van der Waals surface area contributed by atoms with E-state index in [1.165, 1.54) is 96.3 Å². The molecule has 0 heterocycles. The lowest BCUT2D eigenvalue weighted by molar-refractivity contribution is -0.137. The highest BCUT2D eigenvalue weighted by Crippen LogP contribution is 2.11. The number of unbranched alkanes of at least 4 members (excludes halogenated alkanes) is 17. The molecule has 0 aromatic rings. The zero-order chi connectivity index (χ0) is 20.5. The van der Waals surface area contributed by atoms with Crippen LogP contribution < -0.4 is 0 Å². The molecule has 0 unspecified atom stereocenters. The number of carbonyl (C=O) groups is 1. The van der Waals surface area contributed by atoms with Crippen LogP contribution in [0.5, 0.6) is 0 Å². The molecule has 0 radical (unpaired) electrons. The Hall–Kier alpha value is -1.41. The Morgan fingerprint density at radius 2 is 0.929 bits per heavy atom. The summed E-state index contributed by atoms with van der Waals surface area (Å²) < 4.78 is 0. The van der Waals surface area contributed by atoms with Gasteiger partial charge in [0.15, 0.2) is 0 Å². The Kier molecular flexibility index (Phi) is 22.4. The van der Waals surface area contributed by atoms with Gasteiger partial charge >= 0.3 is 5.97 Å². The number of aliphatic carboxylic acids is 1. The molecule has 0 aromatic carbocycles. The van der Waals surface area contributed by atoms with E-state index >= 15 is 0 Å². The Morgan fingerprint density at radius 3 is 1.32 bits per heavy atom. The summed E-state index contributed by atoms with van der Waals surface area (Å²) in [6, 6.07) is 0. The molecule has 28 heavy (non-hydrogen) atoms. The number of carboxylic acid groups (broad SMARTS) is 1. The van der Waals surface area contributed by atoms with Crippen LogP contribution in [0.15, 0.2) is 0 Å². The summed E-state index contributed by atoms with van der Waals surface area (Å²) in [4.78, 5) is 10.4. The van der Waals surface area contributed by atoms with Gasteiger partial charge in [-0.15, -0.1) is 0 Å². The van der Waals surface area contributed by atoms with Crippen LogP contribution in [0.25, 0.3) is 0 Å². The number of hydrogen-bond acceptors (Lipinski definition) is 1. The van der Waals surface area contributed by atoms with Crippen molar-refractivity contribution in [3.63, 3.8) is 0 Å². The van der Waals surface area contributed by atoms with Gasteiger partial charge in [0.1, 0.15) is 0 Å². The predicted octanol–water partition coefficient (Wildman–Crippen LogP) is 7.90. The van der Waals surface area contributed by atoms with Gasteiger partial charge in [0.05, 0.1) is 0 Å². The Labute approximate surface area is 175 Å². The molecule has 0 amide bonds. The van der Waals surface area contributed by atoms with E-state index in [2.05, 4.69) is 30.6 Å². The third-order valence-corrected chi connectivity index (χ3v) is 5.09. The largest absolute Gasteiger partial charge is 0.481 e. The first kappa shape index (κ1) is 26.6. The second-order valence-corrected chi connectivity index (χ2v) is 7.90. The summed E-state index contributed by atoms with van der Waals surface area (Å²) in [6.45, 7) is 2.26. The molecule has 2 heteroatoms. The van der Waals surface area contributed by atoms with Crippen LogP contribution in [0.3, 0.4) is 0 Å². The Balaban J connectivity index is 3.23. The van der Waals surface area contributed by atoms with Crippen LogP contribution in [0.4, 0.5) is 0 Å². The third-order valence-electron chi connectivity index (χ3n) is 5.09. The van der Waals surface area contributed by atoms with Crippen LogP contribution >= 0.6 is 0 Å². The van der Waals surface area contributed by atoms with Crippen molar-refractivity contribution in [3.05, 3.63) is 0 Å². The molecule has 0 fully saturated rings. The zero-order valence-electron chi connectivity index (χ0n) is 18.5. The molecule has 0 saturated heterocycles. The van der Waals surface area contributed by atoms with E-state index in [0.29, 0.717) is 6.42 Å². The maximum atomic E-state index is 10.4. The normalized spacial score (nSPS) is 10.0. The fourth-order valence-corrected chi connectivity index (χ4v) is 3.29. The average molecular weight is 389 g/mol. The first-order valence-corrected chi connectivity index (χ1v) is 11.9. The summed E-state index contributed by atoms with van der Waals surface area (Å²) in [5, 5.41) is 8.57. The van der Waals surface area contributed by atoms with Crippen molar-refractivity contribution in [3.8, 4) is 23.7 Å². The van der Waals surface area contributed by atoms with Crippen molar-refractivity contribution in [1.82, 2.24) is 0 Å². The number of carboxylic acids is 1. The molecule has 160 valence electrons. The summed E-state index contributed by atoms with van der Waals surface area (Å²) in [6.07, 6.45) is 23.7. The number of rotatable bonds is 19. The molecule has 0 aliphatic rings. The Bertz CT molecular complexity index is 458. The van der Waals surface area contributed by atoms with E-state index in [0.717, 1.165) is 25.7 Å². The smallest absolute Gasteiger partial charge is 0.303 e. The van der Waals surface area contributed by atoms with Crippen LogP contribution in [-0.2, 0) is 4.79 Å². The summed E-state index contributed by atoms with van der Waals surface area (Å²) in [5.74, 6) is 11.7. The lowest BCUT2D eigenvalue weighted by Gasteiger charge is -2.01. The second kappa shape index (κ2) is 23.6. The lowest BCUT2D eigenvalue weighted by Crippen LogP contribution is -1.93. The minimum absolute atomic E-state index is 0.324. The topological polar surface area (TPSA) is 37.3 Å². The molecule has 1 N–H and O–H groups in total. The lowest BCUT2D eigenvalue weighted by atomic mass is 10.1. The van der Waals surface area contributed by atoms with Crippen molar-refractivity contribution in [2.24, 2.45) is 0 Å². The quantitative estimate of drug-likeness (QED) is 0.180. The molecule has 0 aliphatic carbocycles. The SMILES string of the molecule is CCCCCCCCCCC#CC#CCCCCCCCCCCCC(=O)O. The highest BCUT2D eigenvalue weighted by Gasteiger charge is 1.96. The minimum Gasteiger partial charge on any atom is -0.481 e. The maximum absolute atomic E-state index is 10.4. The van der Waals surface area contributed by atoms with Gasteiger partial charge in [-0.2, -0.15) is 0 Å². The van der Waals surface area contributed by atoms with Crippen molar-refractivity contribution in [2.75, 3.05) is 0 Å². The van der Waals surface area contributed by atoms with Crippen molar-refractivity contribution >= 4 is 5.97 Å². The average Bonchev–Trinajstić information content (AvgIpc) is 2.68. The molecule has 0 bridgehead atoms. The van der Waals surface area contributed by atoms with Crippen LogP contribution in [0.2, 0.25) is 0 Å². The number of hydrogen-bond donors (Lipinski definition) is 1. The molecule has 0 aromatic heterocycles. The van der Waals surface area contributed by atoms with Crippen molar-refractivity contribution < 1.29 is 9.90 Å². The van der Waals surface area contributed by atoms with Crippen molar-refractivity contribution in [2.45, 2.75) is 135 Å². The highest BCUT2D eigenvalue weighted by atomic mass is 16.4. The van der Waals surface area contributed by atoms with Gasteiger partial charge < -0.3 is 5.11 Å². The molecule has 0 saturated carbocycles. The summed E-state index contributed by atoms with van der Waals surface area (Å²) >= 11 is 0. The first-order chi connectivity index (χ1) is 13.8. The minimum atomic E-state index is -0.669. The van der Waals surface area contributed by atoms with Crippen LogP contribution in [0.1, 0.15) is 135 Å². The molecular formula is C26H44O2. The van der Waals surface area contributed by atoms with E-state index in [1.54, 1.807) is 0 Å². The summed E-state index contributed by atoms with van der Waals surface area (Å²) in [7, 11) is 0. The summed E-state index contributed by atoms with van der Waals surface area (Å²) in [5.41, 5.74) is 0. The fraction of sp³-hybridized carbons (Fsp3) is 0.808. The van der Waals surface area contributed by atoms with E-state index < -0.39 is 5.97 Å². The second-order valence-electron chi connectivity index (χ2n) is 7.90. The maximum Gasteiger partial charge on any atom is 0.303 e. The van der Waals surface area contributed by atoms with Gasteiger partial charge in [0, 0.05) is 19.3 Å². The fourth-order valence-electron chi connectivity index (χ4n) is 3.29. The van der Waals surface area contributed by atoms with Gasteiger partial charge in [-0.3, -0.25) is 4.79 Å². The molecule has 2 nitrogen and oxygen atoms in total. The molecule has 0 atom stereocenters. The monoisotopic (exact) mass is 388 g/mol. The molecule has 0 spiro atoms. The van der Waals surface area contributed by atoms with Gasteiger partial charge in [0.25, 0.3) is 0 Å². The van der Waals surface area contributed by atoms with Gasteiger partial charge in [-0.25, -0.2) is 0 Å². The Morgan fingerprint density at radius 1 is 0.571 bits per heavy atom. The highest BCUT2D eigenvalue weighted by molar-refractivity contribution is 5.66. The third kappa shape index (κ3) is 24.6. The predicted molar refractivity (Wildman–Crippen MR) is 121 cm³/mol. The van der Waals surface area contributed by atoms with Crippen LogP contribution in [-0.4, -0.2) is 11.1 Å². The first-order valence-electron chi connectivity index (χ1n) is 11.9. The van der Waals surface area contributed by atoms with Gasteiger partial charge in [0.2, 0.25) is 0 Å². The van der Waals surface area contributed by atoms with E-state index in [1.807, 2.05) is 0 Å². The van der Waals surface area contributed by atoms with E-state index in [9.17, 15) is 4.79 Å². The molecular weight excluding hydrogens is 344 g/mol. The zero-order valence-corrected chi connectivity index (χ0v) is 18.5. The van der Waals surface area contributed by atoms with E-state index in [4.69, 9.17) is 5.11 Å². The van der Waals surface area contributed by atoms with E-state index in [-0.39, 0.29) is 0 Å². The van der Waals surface area contributed by atoms with Crippen molar-refractivity contribution in [1.29, 1.82) is 0 Å². The van der Waals surface area contributed by atoms with Gasteiger partial charge in [-0.1, -0.05) is 109 Å². The standard InChI is InChI=1S/C26H44O2/c1-2-3-4-5-6-7-8-9-10-11-12-13-14-15-16-17-18-19-20-21-22-23-24-25-26(27)28/h2-10,15-25H2,1H3,(H,27,28). The van der Waals surface area contributed by atoms with Crippen LogP contribution in [0, 0.1) is 23.7 Å².